The molecule has 3 heterocycles. The van der Waals surface area contributed by atoms with Crippen molar-refractivity contribution in [1.29, 1.82) is 0 Å². The molecule has 1 aliphatic heterocycles. The monoisotopic (exact) mass is 504 g/mol. The van der Waals surface area contributed by atoms with Gasteiger partial charge in [0.15, 0.2) is 5.82 Å². The second-order valence-electron chi connectivity index (χ2n) is 9.19. The number of carbonyl (C=O) groups excluding carboxylic acids is 1. The average Bonchev–Trinajstić information content (AvgIpc) is 2.84. The summed E-state index contributed by atoms with van der Waals surface area (Å²) in [7, 11) is 1.44. The highest BCUT2D eigenvalue weighted by molar-refractivity contribution is 5.92. The molecule has 0 atom stereocenters. The van der Waals surface area contributed by atoms with Gasteiger partial charge in [0.25, 0.3) is 11.5 Å². The van der Waals surface area contributed by atoms with E-state index in [1.807, 2.05) is 9.80 Å². The lowest BCUT2D eigenvalue weighted by molar-refractivity contribution is -0.0878. The fourth-order valence-electron chi connectivity index (χ4n) is 4.74. The highest BCUT2D eigenvalue weighted by Crippen LogP contribution is 2.47. The second kappa shape index (κ2) is 9.16. The first-order valence-corrected chi connectivity index (χ1v) is 11.6. The van der Waals surface area contributed by atoms with E-state index in [0.29, 0.717) is 37.4 Å². The maximum atomic E-state index is 15.2. The van der Waals surface area contributed by atoms with Crippen LogP contribution >= 0.6 is 0 Å². The molecule has 190 valence electrons. The quantitative estimate of drug-likeness (QED) is 0.410. The van der Waals surface area contributed by atoms with Crippen molar-refractivity contribution in [2.75, 3.05) is 38.1 Å². The van der Waals surface area contributed by atoms with Crippen LogP contribution in [0.2, 0.25) is 0 Å². The third kappa shape index (κ3) is 4.52. The molecule has 8 nitrogen and oxygen atoms in total. The Morgan fingerprint density at radius 1 is 1.11 bits per heavy atom. The van der Waals surface area contributed by atoms with Crippen molar-refractivity contribution in [3.05, 3.63) is 63.3 Å². The predicted octanol–water partition coefficient (Wildman–Crippen LogP) is 2.79. The first-order valence-electron chi connectivity index (χ1n) is 11.6. The highest BCUT2D eigenvalue weighted by atomic mass is 19.3. The zero-order valence-corrected chi connectivity index (χ0v) is 19.5. The van der Waals surface area contributed by atoms with E-state index in [0.717, 1.165) is 0 Å². The summed E-state index contributed by atoms with van der Waals surface area (Å²) >= 11 is 0. The molecule has 0 radical (unpaired) electrons. The van der Waals surface area contributed by atoms with Gasteiger partial charge in [-0.05, 0) is 18.2 Å². The fourth-order valence-corrected chi connectivity index (χ4v) is 4.74. The van der Waals surface area contributed by atoms with Gasteiger partial charge in [0.1, 0.15) is 16.9 Å². The van der Waals surface area contributed by atoms with Gasteiger partial charge >= 0.3 is 0 Å². The van der Waals surface area contributed by atoms with Crippen LogP contribution in [0.5, 0.6) is 0 Å². The number of nitrogens with one attached hydrogen (secondary N) is 2. The van der Waals surface area contributed by atoms with Crippen molar-refractivity contribution in [2.24, 2.45) is 0 Å². The maximum absolute atomic E-state index is 15.2. The number of hydrogen-bond acceptors (Lipinski definition) is 6. The minimum absolute atomic E-state index is 0.00515. The number of fused-ring (bicyclic) bond motifs is 1. The molecule has 1 saturated carbocycles. The lowest BCUT2D eigenvalue weighted by Crippen LogP contribution is -2.46. The van der Waals surface area contributed by atoms with E-state index in [1.165, 1.54) is 19.2 Å². The number of H-pyrrole nitrogens is 1. The van der Waals surface area contributed by atoms with Crippen molar-refractivity contribution < 1.29 is 22.4 Å². The van der Waals surface area contributed by atoms with Crippen LogP contribution in [0.25, 0.3) is 11.0 Å². The number of aromatic nitrogens is 3. The van der Waals surface area contributed by atoms with Gasteiger partial charge < -0.3 is 15.2 Å². The summed E-state index contributed by atoms with van der Waals surface area (Å²) in [6.07, 6.45) is -0.862. The smallest absolute Gasteiger partial charge is 0.270 e. The summed E-state index contributed by atoms with van der Waals surface area (Å²) in [6.45, 7) is 2.27. The average molecular weight is 504 g/mol. The summed E-state index contributed by atoms with van der Waals surface area (Å²) < 4.78 is 56.1. The Balaban J connectivity index is 1.26. The Bertz CT molecular complexity index is 1380. The van der Waals surface area contributed by atoms with Crippen LogP contribution in [0.3, 0.4) is 0 Å². The molecular weight excluding hydrogens is 480 g/mol. The van der Waals surface area contributed by atoms with Crippen LogP contribution in [0.1, 0.15) is 40.5 Å². The number of halogens is 4. The van der Waals surface area contributed by atoms with Crippen molar-refractivity contribution in [3.63, 3.8) is 0 Å². The fraction of sp³-hybridized carbons (Fsp3) is 0.417. The molecule has 12 heteroatoms. The van der Waals surface area contributed by atoms with Gasteiger partial charge in [-0.25, -0.2) is 23.1 Å². The predicted molar refractivity (Wildman–Crippen MR) is 124 cm³/mol. The van der Waals surface area contributed by atoms with Crippen molar-refractivity contribution >= 4 is 22.6 Å². The van der Waals surface area contributed by atoms with Gasteiger partial charge in [-0.1, -0.05) is 6.07 Å². The third-order valence-electron chi connectivity index (χ3n) is 6.78. The Morgan fingerprint density at radius 3 is 2.47 bits per heavy atom. The largest absolute Gasteiger partial charge is 0.365 e. The zero-order chi connectivity index (χ0) is 25.6. The summed E-state index contributed by atoms with van der Waals surface area (Å²) in [5, 5.41) is 2.40. The van der Waals surface area contributed by atoms with Crippen molar-refractivity contribution in [1.82, 2.24) is 25.2 Å². The molecule has 5 rings (SSSR count). The molecule has 1 amide bonds. The Kier molecular flexibility index (Phi) is 6.15. The van der Waals surface area contributed by atoms with Crippen LogP contribution in [-0.4, -0.2) is 64.9 Å². The molecule has 3 aromatic rings. The number of alkyl halides is 2. The third-order valence-corrected chi connectivity index (χ3v) is 6.78. The Hall–Kier alpha value is -3.54. The molecule has 2 fully saturated rings. The summed E-state index contributed by atoms with van der Waals surface area (Å²) in [5.74, 6) is -5.23. The number of anilines is 1. The number of nitrogens with zero attached hydrogens (tertiary/aromatic N) is 4. The molecule has 2 aliphatic rings. The van der Waals surface area contributed by atoms with E-state index < -0.39 is 47.9 Å². The summed E-state index contributed by atoms with van der Waals surface area (Å²) in [6, 6.07) is 6.14. The number of amides is 1. The molecule has 1 aliphatic carbocycles. The van der Waals surface area contributed by atoms with E-state index in [4.69, 9.17) is 0 Å². The molecule has 1 aromatic carbocycles. The lowest BCUT2D eigenvalue weighted by atomic mass is 9.79. The SMILES string of the molecule is CNC(=O)c1ccc(N2CCN(Cc3ccc4nc(C5CC(F)(F)C5)c(=O)[nH]c4c3F)CC2)c(F)n1. The van der Waals surface area contributed by atoms with Crippen LogP contribution in [0, 0.1) is 11.8 Å². The van der Waals surface area contributed by atoms with Gasteiger partial charge in [0.05, 0.1) is 11.2 Å². The zero-order valence-electron chi connectivity index (χ0n) is 19.5. The number of hydrogen-bond donors (Lipinski definition) is 2. The van der Waals surface area contributed by atoms with Gasteiger partial charge in [0.2, 0.25) is 11.9 Å². The molecule has 0 bridgehead atoms. The minimum Gasteiger partial charge on any atom is -0.365 e. The molecule has 36 heavy (non-hydrogen) atoms. The second-order valence-corrected chi connectivity index (χ2v) is 9.19. The van der Waals surface area contributed by atoms with Crippen LogP contribution in [0.4, 0.5) is 23.2 Å². The molecule has 2 aromatic heterocycles. The van der Waals surface area contributed by atoms with Gasteiger partial charge in [0, 0.05) is 64.1 Å². The van der Waals surface area contributed by atoms with Crippen molar-refractivity contribution in [3.8, 4) is 0 Å². The van der Waals surface area contributed by atoms with E-state index in [-0.39, 0.29) is 29.0 Å². The van der Waals surface area contributed by atoms with E-state index >= 15 is 4.39 Å². The van der Waals surface area contributed by atoms with Crippen LogP contribution < -0.4 is 15.8 Å². The van der Waals surface area contributed by atoms with Gasteiger partial charge in [-0.2, -0.15) is 4.39 Å². The normalized spacial score (nSPS) is 18.3. The molecule has 0 spiro atoms. The summed E-state index contributed by atoms with van der Waals surface area (Å²) in [5.41, 5.74) is 0.188. The Morgan fingerprint density at radius 2 is 1.83 bits per heavy atom. The van der Waals surface area contributed by atoms with E-state index in [9.17, 15) is 22.8 Å². The van der Waals surface area contributed by atoms with E-state index in [1.54, 1.807) is 12.1 Å². The van der Waals surface area contributed by atoms with Crippen LogP contribution in [-0.2, 0) is 6.54 Å². The number of pyridine rings is 1. The summed E-state index contributed by atoms with van der Waals surface area (Å²) in [4.78, 5) is 38.3. The standard InChI is InChI=1S/C24H24F4N6O2/c1-29-22(35)16-4-5-17(21(26)31-16)34-8-6-33(7-9-34)12-13-2-3-15-20(18(13)25)32-23(36)19(30-15)14-10-24(27,28)11-14/h2-5,14H,6-12H2,1H3,(H,29,35)(H,32,36). The molecule has 0 unspecified atom stereocenters. The topological polar surface area (TPSA) is 94.2 Å². The first kappa shape index (κ1) is 24.2. The number of aromatic amines is 1. The molecule has 1 saturated heterocycles. The molecule has 2 N–H and O–H groups in total. The first-order chi connectivity index (χ1) is 17.1. The Labute approximate surface area is 203 Å². The number of carbonyl (C=O) groups is 1. The maximum Gasteiger partial charge on any atom is 0.270 e. The highest BCUT2D eigenvalue weighted by Gasteiger charge is 2.47. The number of rotatable bonds is 5. The molecular formula is C24H24F4N6O2. The number of benzene rings is 1. The lowest BCUT2D eigenvalue weighted by Gasteiger charge is -2.36. The van der Waals surface area contributed by atoms with Crippen molar-refractivity contribution in [2.45, 2.75) is 31.2 Å². The van der Waals surface area contributed by atoms with Crippen LogP contribution in [0.15, 0.2) is 29.1 Å². The van der Waals surface area contributed by atoms with Gasteiger partial charge in [-0.15, -0.1) is 0 Å². The minimum atomic E-state index is -2.79. The number of piperazine rings is 1. The van der Waals surface area contributed by atoms with E-state index in [2.05, 4.69) is 20.3 Å². The van der Waals surface area contributed by atoms with Gasteiger partial charge in [-0.3, -0.25) is 14.5 Å².